The van der Waals surface area contributed by atoms with Gasteiger partial charge in [-0.2, -0.15) is 0 Å². The number of benzene rings is 1. The van der Waals surface area contributed by atoms with Gasteiger partial charge in [0.15, 0.2) is 0 Å². The van der Waals surface area contributed by atoms with Crippen LogP contribution in [-0.4, -0.2) is 48.4 Å². The van der Waals surface area contributed by atoms with Gasteiger partial charge in [0.25, 0.3) is 0 Å². The average Bonchev–Trinajstić information content (AvgIpc) is 2.99. The second-order valence-corrected chi connectivity index (χ2v) is 7.52. The van der Waals surface area contributed by atoms with E-state index >= 15 is 0 Å². The van der Waals surface area contributed by atoms with E-state index in [4.69, 9.17) is 0 Å². The fraction of sp³-hybridized carbons (Fsp3) is 0.667. The Labute approximate surface area is 147 Å². The molecule has 1 aromatic carbocycles. The molecule has 1 aliphatic carbocycles. The fourth-order valence-electron chi connectivity index (χ4n) is 4.19. The Morgan fingerprint density at radius 1 is 0.958 bits per heavy atom. The van der Waals surface area contributed by atoms with E-state index in [2.05, 4.69) is 40.1 Å². The lowest BCUT2D eigenvalue weighted by Crippen LogP contribution is -2.36. The molecule has 1 saturated carbocycles. The van der Waals surface area contributed by atoms with Crippen molar-refractivity contribution in [3.63, 3.8) is 0 Å². The van der Waals surface area contributed by atoms with Crippen LogP contribution in [0.2, 0.25) is 0 Å². The molecule has 2 fully saturated rings. The zero-order valence-corrected chi connectivity index (χ0v) is 15.0. The van der Waals surface area contributed by atoms with Gasteiger partial charge >= 0.3 is 0 Å². The first-order chi connectivity index (χ1) is 11.8. The molecule has 0 aromatic heterocycles. The molecule has 0 atom stereocenters. The SMILES string of the molecule is O=C(CC1CCCC1)N1CCCN(CCCc2ccccc2)CC1. The van der Waals surface area contributed by atoms with E-state index in [9.17, 15) is 4.79 Å². The molecule has 1 aromatic rings. The maximum atomic E-state index is 12.5. The van der Waals surface area contributed by atoms with Crippen molar-refractivity contribution in [2.24, 2.45) is 5.92 Å². The fourth-order valence-corrected chi connectivity index (χ4v) is 4.19. The van der Waals surface area contributed by atoms with Gasteiger partial charge < -0.3 is 9.80 Å². The third kappa shape index (κ3) is 5.34. The molecule has 3 rings (SSSR count). The van der Waals surface area contributed by atoms with Gasteiger partial charge in [0, 0.05) is 26.1 Å². The van der Waals surface area contributed by atoms with Crippen molar-refractivity contribution in [2.75, 3.05) is 32.7 Å². The first kappa shape index (κ1) is 17.5. The predicted octanol–water partition coefficient (Wildman–Crippen LogP) is 3.73. The first-order valence-corrected chi connectivity index (χ1v) is 9.85. The number of hydrogen-bond acceptors (Lipinski definition) is 2. The number of hydrogen-bond donors (Lipinski definition) is 0. The molecule has 1 heterocycles. The molecule has 1 aliphatic heterocycles. The molecule has 1 saturated heterocycles. The standard InChI is InChI=1S/C21H32N2O/c24-21(18-20-10-4-5-11-20)23-15-7-14-22(16-17-23)13-6-12-19-8-2-1-3-9-19/h1-3,8-9,20H,4-7,10-18H2. The number of carbonyl (C=O) groups is 1. The molecule has 132 valence electrons. The minimum Gasteiger partial charge on any atom is -0.341 e. The third-order valence-corrected chi connectivity index (χ3v) is 5.66. The van der Waals surface area contributed by atoms with Gasteiger partial charge in [-0.25, -0.2) is 0 Å². The molecule has 3 nitrogen and oxygen atoms in total. The van der Waals surface area contributed by atoms with Crippen LogP contribution in [0.4, 0.5) is 0 Å². The van der Waals surface area contributed by atoms with Crippen molar-refractivity contribution in [1.29, 1.82) is 0 Å². The molecule has 3 heteroatoms. The van der Waals surface area contributed by atoms with Crippen molar-refractivity contribution in [2.45, 2.75) is 51.4 Å². The molecule has 2 aliphatic rings. The van der Waals surface area contributed by atoms with Gasteiger partial charge in [0.2, 0.25) is 5.91 Å². The first-order valence-electron chi connectivity index (χ1n) is 9.85. The van der Waals surface area contributed by atoms with Crippen LogP contribution in [0.15, 0.2) is 30.3 Å². The Kier molecular flexibility index (Phi) is 6.71. The van der Waals surface area contributed by atoms with Gasteiger partial charge in [0.05, 0.1) is 0 Å². The van der Waals surface area contributed by atoms with Crippen molar-refractivity contribution in [3.05, 3.63) is 35.9 Å². The summed E-state index contributed by atoms with van der Waals surface area (Å²) in [4.78, 5) is 17.2. The maximum Gasteiger partial charge on any atom is 0.222 e. The van der Waals surface area contributed by atoms with E-state index in [1.807, 2.05) is 0 Å². The van der Waals surface area contributed by atoms with Crippen LogP contribution in [-0.2, 0) is 11.2 Å². The van der Waals surface area contributed by atoms with Crippen LogP contribution in [0.25, 0.3) is 0 Å². The van der Waals surface area contributed by atoms with Gasteiger partial charge in [-0.05, 0) is 56.7 Å². The number of rotatable bonds is 6. The highest BCUT2D eigenvalue weighted by atomic mass is 16.2. The molecular formula is C21H32N2O. The maximum absolute atomic E-state index is 12.5. The van der Waals surface area contributed by atoms with Crippen LogP contribution in [0.5, 0.6) is 0 Å². The second-order valence-electron chi connectivity index (χ2n) is 7.52. The topological polar surface area (TPSA) is 23.6 Å². The molecule has 1 amide bonds. The molecule has 0 bridgehead atoms. The quantitative estimate of drug-likeness (QED) is 0.794. The summed E-state index contributed by atoms with van der Waals surface area (Å²) in [5, 5.41) is 0. The number of nitrogens with zero attached hydrogens (tertiary/aromatic N) is 2. The molecule has 0 radical (unpaired) electrons. The summed E-state index contributed by atoms with van der Waals surface area (Å²) in [7, 11) is 0. The molecular weight excluding hydrogens is 296 g/mol. The minimum absolute atomic E-state index is 0.410. The van der Waals surface area contributed by atoms with E-state index < -0.39 is 0 Å². The van der Waals surface area contributed by atoms with Gasteiger partial charge in [-0.1, -0.05) is 43.2 Å². The minimum atomic E-state index is 0.410. The highest BCUT2D eigenvalue weighted by molar-refractivity contribution is 5.76. The smallest absolute Gasteiger partial charge is 0.222 e. The predicted molar refractivity (Wildman–Crippen MR) is 99.0 cm³/mol. The second kappa shape index (κ2) is 9.22. The Balaban J connectivity index is 1.37. The van der Waals surface area contributed by atoms with Crippen molar-refractivity contribution < 1.29 is 4.79 Å². The highest BCUT2D eigenvalue weighted by Crippen LogP contribution is 2.28. The normalized spacial score (nSPS) is 20.2. The van der Waals surface area contributed by atoms with Crippen LogP contribution in [0, 0.1) is 5.92 Å². The highest BCUT2D eigenvalue weighted by Gasteiger charge is 2.23. The molecule has 0 N–H and O–H groups in total. The van der Waals surface area contributed by atoms with Crippen LogP contribution in [0.3, 0.4) is 0 Å². The number of carbonyl (C=O) groups excluding carboxylic acids is 1. The Morgan fingerprint density at radius 2 is 1.75 bits per heavy atom. The molecule has 0 unspecified atom stereocenters. The monoisotopic (exact) mass is 328 g/mol. The van der Waals surface area contributed by atoms with Gasteiger partial charge in [-0.3, -0.25) is 4.79 Å². The van der Waals surface area contributed by atoms with Gasteiger partial charge in [-0.15, -0.1) is 0 Å². The lowest BCUT2D eigenvalue weighted by Gasteiger charge is -2.23. The van der Waals surface area contributed by atoms with Crippen molar-refractivity contribution in [3.8, 4) is 0 Å². The summed E-state index contributed by atoms with van der Waals surface area (Å²) < 4.78 is 0. The number of amides is 1. The third-order valence-electron chi connectivity index (χ3n) is 5.66. The molecule has 0 spiro atoms. The van der Waals surface area contributed by atoms with E-state index in [0.29, 0.717) is 11.8 Å². The Bertz CT molecular complexity index is 496. The van der Waals surface area contributed by atoms with E-state index in [-0.39, 0.29) is 0 Å². The van der Waals surface area contributed by atoms with E-state index in [1.165, 1.54) is 37.7 Å². The summed E-state index contributed by atoms with van der Waals surface area (Å²) in [6.07, 6.45) is 9.48. The van der Waals surface area contributed by atoms with Crippen LogP contribution >= 0.6 is 0 Å². The number of aryl methyl sites for hydroxylation is 1. The van der Waals surface area contributed by atoms with Gasteiger partial charge in [0.1, 0.15) is 0 Å². The molecule has 24 heavy (non-hydrogen) atoms. The van der Waals surface area contributed by atoms with E-state index in [1.54, 1.807) is 0 Å². The summed E-state index contributed by atoms with van der Waals surface area (Å²) in [6.45, 7) is 5.23. The lowest BCUT2D eigenvalue weighted by atomic mass is 10.0. The van der Waals surface area contributed by atoms with Crippen molar-refractivity contribution in [1.82, 2.24) is 9.80 Å². The van der Waals surface area contributed by atoms with E-state index in [0.717, 1.165) is 52.0 Å². The Morgan fingerprint density at radius 3 is 2.54 bits per heavy atom. The lowest BCUT2D eigenvalue weighted by molar-refractivity contribution is -0.132. The van der Waals surface area contributed by atoms with Crippen LogP contribution in [0.1, 0.15) is 50.5 Å². The summed E-state index contributed by atoms with van der Waals surface area (Å²) in [6, 6.07) is 10.7. The summed E-state index contributed by atoms with van der Waals surface area (Å²) in [5.41, 5.74) is 1.43. The summed E-state index contributed by atoms with van der Waals surface area (Å²) >= 11 is 0. The van der Waals surface area contributed by atoms with Crippen molar-refractivity contribution >= 4 is 5.91 Å². The zero-order chi connectivity index (χ0) is 16.6. The zero-order valence-electron chi connectivity index (χ0n) is 15.0. The largest absolute Gasteiger partial charge is 0.341 e. The average molecular weight is 329 g/mol. The Hall–Kier alpha value is -1.35. The summed E-state index contributed by atoms with van der Waals surface area (Å²) in [5.74, 6) is 1.08. The van der Waals surface area contributed by atoms with Crippen LogP contribution < -0.4 is 0 Å².